The smallest absolute Gasteiger partial charge is 0.258 e. The highest BCUT2D eigenvalue weighted by Gasteiger charge is 2.38. The number of carbonyl (C=O) groups excluding carboxylic acids is 2. The molecule has 3 rings (SSSR count). The fraction of sp³-hybridized carbons (Fsp3) is 0.389. The highest BCUT2D eigenvalue weighted by atomic mass is 16.2. The van der Waals surface area contributed by atoms with Crippen molar-refractivity contribution in [2.45, 2.75) is 32.4 Å². The van der Waals surface area contributed by atoms with Crippen LogP contribution in [0, 0.1) is 6.92 Å². The number of amides is 2. The fourth-order valence-corrected chi connectivity index (χ4v) is 3.10. The van der Waals surface area contributed by atoms with Crippen molar-refractivity contribution in [2.24, 2.45) is 5.73 Å². The summed E-state index contributed by atoms with van der Waals surface area (Å²) >= 11 is 0. The zero-order valence-corrected chi connectivity index (χ0v) is 14.8. The lowest BCUT2D eigenvalue weighted by atomic mass is 10.1. The summed E-state index contributed by atoms with van der Waals surface area (Å²) in [5.74, 6) is 0.0503. The lowest BCUT2D eigenvalue weighted by Gasteiger charge is -2.24. The van der Waals surface area contributed by atoms with Crippen molar-refractivity contribution < 1.29 is 9.59 Å². The summed E-state index contributed by atoms with van der Waals surface area (Å²) in [7, 11) is 0. The molecule has 3 heterocycles. The summed E-state index contributed by atoms with van der Waals surface area (Å²) in [4.78, 5) is 39.5. The standard InChI is InChI=1S/C18H22N6O2/c1-3-21-17(25)15-7-13(19)10-24(15)18(26)14-9-22-16(23-11(14)2)12-5-4-6-20-8-12/h4-6,8-9,13,15H,3,7,10,19H2,1-2H3,(H,21,25). The van der Waals surface area contributed by atoms with Gasteiger partial charge in [0, 0.05) is 43.3 Å². The maximum atomic E-state index is 13.0. The lowest BCUT2D eigenvalue weighted by molar-refractivity contribution is -0.124. The van der Waals surface area contributed by atoms with Crippen LogP contribution in [0.3, 0.4) is 0 Å². The average molecular weight is 354 g/mol. The number of aromatic nitrogens is 3. The topological polar surface area (TPSA) is 114 Å². The van der Waals surface area contributed by atoms with E-state index in [1.165, 1.54) is 11.1 Å². The van der Waals surface area contributed by atoms with Gasteiger partial charge in [0.25, 0.3) is 5.91 Å². The Bertz CT molecular complexity index is 811. The molecule has 2 atom stereocenters. The van der Waals surface area contributed by atoms with Gasteiger partial charge < -0.3 is 16.0 Å². The molecule has 2 aromatic heterocycles. The van der Waals surface area contributed by atoms with Gasteiger partial charge in [-0.15, -0.1) is 0 Å². The zero-order chi connectivity index (χ0) is 18.7. The van der Waals surface area contributed by atoms with E-state index in [-0.39, 0.29) is 17.9 Å². The van der Waals surface area contributed by atoms with Crippen molar-refractivity contribution >= 4 is 11.8 Å². The van der Waals surface area contributed by atoms with E-state index < -0.39 is 6.04 Å². The number of aryl methyl sites for hydroxylation is 1. The molecule has 8 heteroatoms. The van der Waals surface area contributed by atoms with E-state index in [2.05, 4.69) is 20.3 Å². The predicted octanol–water partition coefficient (Wildman–Crippen LogP) is 0.525. The van der Waals surface area contributed by atoms with Gasteiger partial charge in [0.05, 0.1) is 11.3 Å². The third-order valence-electron chi connectivity index (χ3n) is 4.38. The van der Waals surface area contributed by atoms with Gasteiger partial charge in [0.15, 0.2) is 5.82 Å². The zero-order valence-electron chi connectivity index (χ0n) is 14.8. The second-order valence-electron chi connectivity index (χ2n) is 6.30. The van der Waals surface area contributed by atoms with Gasteiger partial charge in [-0.25, -0.2) is 9.97 Å². The predicted molar refractivity (Wildman–Crippen MR) is 96.1 cm³/mol. The number of likely N-dealkylation sites (tertiary alicyclic amines) is 1. The Hall–Kier alpha value is -2.87. The molecule has 0 spiro atoms. The van der Waals surface area contributed by atoms with E-state index >= 15 is 0 Å². The van der Waals surface area contributed by atoms with Gasteiger partial charge in [-0.2, -0.15) is 0 Å². The molecular weight excluding hydrogens is 332 g/mol. The molecule has 0 saturated carbocycles. The van der Waals surface area contributed by atoms with E-state index in [0.717, 1.165) is 5.56 Å². The molecule has 26 heavy (non-hydrogen) atoms. The van der Waals surface area contributed by atoms with Crippen molar-refractivity contribution in [1.82, 2.24) is 25.2 Å². The van der Waals surface area contributed by atoms with E-state index in [1.54, 1.807) is 25.4 Å². The summed E-state index contributed by atoms with van der Waals surface area (Å²) in [6.45, 7) is 4.44. The molecule has 2 amide bonds. The maximum Gasteiger partial charge on any atom is 0.258 e. The minimum atomic E-state index is -0.560. The van der Waals surface area contributed by atoms with Gasteiger partial charge in [0.2, 0.25) is 5.91 Å². The third-order valence-corrected chi connectivity index (χ3v) is 4.38. The van der Waals surface area contributed by atoms with Crippen molar-refractivity contribution in [3.63, 3.8) is 0 Å². The Morgan fingerprint density at radius 3 is 2.85 bits per heavy atom. The van der Waals surface area contributed by atoms with Crippen molar-refractivity contribution in [2.75, 3.05) is 13.1 Å². The second kappa shape index (κ2) is 7.57. The summed E-state index contributed by atoms with van der Waals surface area (Å²) < 4.78 is 0. The molecule has 0 bridgehead atoms. The Kier molecular flexibility index (Phi) is 5.22. The first-order valence-electron chi connectivity index (χ1n) is 8.59. The number of nitrogens with one attached hydrogen (secondary N) is 1. The van der Waals surface area contributed by atoms with Crippen LogP contribution in [0.1, 0.15) is 29.4 Å². The molecular formula is C18H22N6O2. The molecule has 2 unspecified atom stereocenters. The molecule has 2 aromatic rings. The van der Waals surface area contributed by atoms with E-state index in [1.807, 2.05) is 13.0 Å². The van der Waals surface area contributed by atoms with Crippen molar-refractivity contribution in [3.05, 3.63) is 42.0 Å². The van der Waals surface area contributed by atoms with Crippen LogP contribution in [-0.4, -0.2) is 56.8 Å². The normalized spacial score (nSPS) is 19.4. The molecule has 136 valence electrons. The van der Waals surface area contributed by atoms with Crippen molar-refractivity contribution in [3.8, 4) is 11.4 Å². The highest BCUT2D eigenvalue weighted by molar-refractivity contribution is 5.98. The van der Waals surface area contributed by atoms with Gasteiger partial charge in [-0.05, 0) is 32.4 Å². The van der Waals surface area contributed by atoms with E-state index in [0.29, 0.717) is 36.6 Å². The monoisotopic (exact) mass is 354 g/mol. The number of hydrogen-bond donors (Lipinski definition) is 2. The highest BCUT2D eigenvalue weighted by Crippen LogP contribution is 2.22. The van der Waals surface area contributed by atoms with Crippen LogP contribution >= 0.6 is 0 Å². The van der Waals surface area contributed by atoms with E-state index in [4.69, 9.17) is 5.73 Å². The lowest BCUT2D eigenvalue weighted by Crippen LogP contribution is -2.46. The number of hydrogen-bond acceptors (Lipinski definition) is 6. The van der Waals surface area contributed by atoms with Gasteiger partial charge >= 0.3 is 0 Å². The molecule has 3 N–H and O–H groups in total. The number of nitrogens with zero attached hydrogens (tertiary/aromatic N) is 4. The first-order valence-corrected chi connectivity index (χ1v) is 8.59. The minimum absolute atomic E-state index is 0.181. The Labute approximate surface area is 151 Å². The quantitative estimate of drug-likeness (QED) is 0.827. The van der Waals surface area contributed by atoms with Crippen molar-refractivity contribution in [1.29, 1.82) is 0 Å². The summed E-state index contributed by atoms with van der Waals surface area (Å²) in [5.41, 5.74) is 7.70. The first-order chi connectivity index (χ1) is 12.5. The first kappa shape index (κ1) is 17.9. The average Bonchev–Trinajstić information content (AvgIpc) is 3.04. The van der Waals surface area contributed by atoms with Crippen LogP contribution in [0.5, 0.6) is 0 Å². The van der Waals surface area contributed by atoms with Crippen LogP contribution in [0.4, 0.5) is 0 Å². The Morgan fingerprint density at radius 1 is 1.38 bits per heavy atom. The maximum absolute atomic E-state index is 13.0. The minimum Gasteiger partial charge on any atom is -0.355 e. The van der Waals surface area contributed by atoms with Crippen LogP contribution in [-0.2, 0) is 4.79 Å². The molecule has 8 nitrogen and oxygen atoms in total. The largest absolute Gasteiger partial charge is 0.355 e. The molecule has 0 radical (unpaired) electrons. The van der Waals surface area contributed by atoms with Gasteiger partial charge in [-0.3, -0.25) is 14.6 Å². The number of pyridine rings is 1. The number of likely N-dealkylation sites (N-methyl/N-ethyl adjacent to an activating group) is 1. The van der Waals surface area contributed by atoms with Crippen LogP contribution in [0.2, 0.25) is 0 Å². The molecule has 0 aromatic carbocycles. The fourth-order valence-electron chi connectivity index (χ4n) is 3.10. The Morgan fingerprint density at radius 2 is 2.19 bits per heavy atom. The molecule has 1 aliphatic rings. The summed E-state index contributed by atoms with van der Waals surface area (Å²) in [6, 6.07) is 2.88. The molecule has 1 fully saturated rings. The van der Waals surface area contributed by atoms with Gasteiger partial charge in [0.1, 0.15) is 6.04 Å². The number of carbonyl (C=O) groups is 2. The van der Waals surface area contributed by atoms with Crippen LogP contribution in [0.15, 0.2) is 30.7 Å². The molecule has 1 saturated heterocycles. The molecule has 1 aliphatic heterocycles. The van der Waals surface area contributed by atoms with E-state index in [9.17, 15) is 9.59 Å². The third kappa shape index (κ3) is 3.55. The van der Waals surface area contributed by atoms with Gasteiger partial charge in [-0.1, -0.05) is 0 Å². The Balaban J connectivity index is 1.86. The second-order valence-corrected chi connectivity index (χ2v) is 6.30. The number of rotatable bonds is 4. The summed E-state index contributed by atoms with van der Waals surface area (Å²) in [6.07, 6.45) is 5.30. The van der Waals surface area contributed by atoms with Crippen LogP contribution < -0.4 is 11.1 Å². The summed E-state index contributed by atoms with van der Waals surface area (Å²) in [5, 5.41) is 2.76. The SMILES string of the molecule is CCNC(=O)C1CC(N)CN1C(=O)c1cnc(-c2cccnc2)nc1C. The number of nitrogens with two attached hydrogens (primary N) is 1. The van der Waals surface area contributed by atoms with Crippen LogP contribution in [0.25, 0.3) is 11.4 Å². The molecule has 0 aliphatic carbocycles.